The maximum atomic E-state index is 5.62. The summed E-state index contributed by atoms with van der Waals surface area (Å²) in [6.07, 6.45) is 2.83. The normalized spacial score (nSPS) is 21.6. The molecule has 1 aromatic rings. The highest BCUT2D eigenvalue weighted by molar-refractivity contribution is 5.15. The second kappa shape index (κ2) is 4.59. The molecule has 1 unspecified atom stereocenters. The zero-order valence-electron chi connectivity index (χ0n) is 8.07. The van der Waals surface area contributed by atoms with Crippen molar-refractivity contribution in [2.24, 2.45) is 5.73 Å². The maximum Gasteiger partial charge on any atom is 0.133 e. The molecule has 2 heterocycles. The SMILES string of the molecule is NCc1ccoc1COC1CCOC1. The summed E-state index contributed by atoms with van der Waals surface area (Å²) < 4.78 is 16.1. The van der Waals surface area contributed by atoms with Gasteiger partial charge >= 0.3 is 0 Å². The van der Waals surface area contributed by atoms with Crippen LogP contribution in [0.1, 0.15) is 17.7 Å². The standard InChI is InChI=1S/C10H15NO3/c11-5-8-1-4-13-10(8)7-14-9-2-3-12-6-9/h1,4,9H,2-3,5-7,11H2. The van der Waals surface area contributed by atoms with Crippen molar-refractivity contribution in [2.45, 2.75) is 25.7 Å². The molecule has 14 heavy (non-hydrogen) atoms. The van der Waals surface area contributed by atoms with Crippen LogP contribution < -0.4 is 5.73 Å². The zero-order valence-corrected chi connectivity index (χ0v) is 8.07. The third-order valence-electron chi connectivity index (χ3n) is 2.40. The molecule has 0 radical (unpaired) electrons. The largest absolute Gasteiger partial charge is 0.467 e. The highest BCUT2D eigenvalue weighted by atomic mass is 16.5. The summed E-state index contributed by atoms with van der Waals surface area (Å²) in [5, 5.41) is 0. The number of hydrogen-bond donors (Lipinski definition) is 1. The Morgan fingerprint density at radius 2 is 2.50 bits per heavy atom. The van der Waals surface area contributed by atoms with Gasteiger partial charge in [0.1, 0.15) is 12.4 Å². The van der Waals surface area contributed by atoms with Crippen LogP contribution in [-0.4, -0.2) is 19.3 Å². The smallest absolute Gasteiger partial charge is 0.133 e. The fourth-order valence-electron chi connectivity index (χ4n) is 1.51. The molecule has 0 aromatic carbocycles. The summed E-state index contributed by atoms with van der Waals surface area (Å²) in [4.78, 5) is 0. The van der Waals surface area contributed by atoms with Gasteiger partial charge in [-0.25, -0.2) is 0 Å². The van der Waals surface area contributed by atoms with Gasteiger partial charge in [-0.15, -0.1) is 0 Å². The molecule has 1 aliphatic rings. The molecule has 1 saturated heterocycles. The van der Waals surface area contributed by atoms with Crippen molar-refractivity contribution in [3.8, 4) is 0 Å². The third kappa shape index (κ3) is 2.15. The van der Waals surface area contributed by atoms with Gasteiger partial charge in [0.05, 0.1) is 19.0 Å². The maximum absolute atomic E-state index is 5.62. The molecule has 1 aliphatic heterocycles. The Balaban J connectivity index is 1.84. The Morgan fingerprint density at radius 3 is 3.21 bits per heavy atom. The van der Waals surface area contributed by atoms with Crippen molar-refractivity contribution in [2.75, 3.05) is 13.2 Å². The molecule has 1 aromatic heterocycles. The molecule has 2 rings (SSSR count). The van der Waals surface area contributed by atoms with Crippen LogP contribution in [-0.2, 0) is 22.6 Å². The molecule has 4 nitrogen and oxygen atoms in total. The van der Waals surface area contributed by atoms with Crippen LogP contribution in [0.25, 0.3) is 0 Å². The van der Waals surface area contributed by atoms with E-state index in [1.165, 1.54) is 0 Å². The van der Waals surface area contributed by atoms with Crippen molar-refractivity contribution >= 4 is 0 Å². The van der Waals surface area contributed by atoms with Crippen LogP contribution in [0.15, 0.2) is 16.7 Å². The summed E-state index contributed by atoms with van der Waals surface area (Å²) in [6, 6.07) is 1.88. The molecule has 0 saturated carbocycles. The highest BCUT2D eigenvalue weighted by Crippen LogP contribution is 2.15. The van der Waals surface area contributed by atoms with E-state index >= 15 is 0 Å². The highest BCUT2D eigenvalue weighted by Gasteiger charge is 2.17. The van der Waals surface area contributed by atoms with Gasteiger partial charge in [0, 0.05) is 18.7 Å². The van der Waals surface area contributed by atoms with E-state index in [1.807, 2.05) is 6.07 Å². The molecule has 1 atom stereocenters. The van der Waals surface area contributed by atoms with Crippen molar-refractivity contribution in [1.82, 2.24) is 0 Å². The minimum Gasteiger partial charge on any atom is -0.467 e. The Hall–Kier alpha value is -0.840. The fraction of sp³-hybridized carbons (Fsp3) is 0.600. The first-order valence-electron chi connectivity index (χ1n) is 4.85. The third-order valence-corrected chi connectivity index (χ3v) is 2.40. The number of nitrogens with two attached hydrogens (primary N) is 1. The lowest BCUT2D eigenvalue weighted by atomic mass is 10.2. The second-order valence-electron chi connectivity index (χ2n) is 3.37. The molecule has 4 heteroatoms. The Morgan fingerprint density at radius 1 is 1.57 bits per heavy atom. The molecule has 0 aliphatic carbocycles. The van der Waals surface area contributed by atoms with Crippen molar-refractivity contribution in [3.05, 3.63) is 23.7 Å². The topological polar surface area (TPSA) is 57.6 Å². The summed E-state index contributed by atoms with van der Waals surface area (Å²) in [5.41, 5.74) is 6.56. The van der Waals surface area contributed by atoms with Gasteiger partial charge in [0.2, 0.25) is 0 Å². The average molecular weight is 197 g/mol. The molecule has 0 bridgehead atoms. The van der Waals surface area contributed by atoms with Gasteiger partial charge in [0.25, 0.3) is 0 Å². The number of furan rings is 1. The lowest BCUT2D eigenvalue weighted by Crippen LogP contribution is -2.12. The van der Waals surface area contributed by atoms with Crippen molar-refractivity contribution < 1.29 is 13.9 Å². The van der Waals surface area contributed by atoms with Crippen LogP contribution >= 0.6 is 0 Å². The first-order valence-corrected chi connectivity index (χ1v) is 4.85. The van der Waals surface area contributed by atoms with E-state index in [4.69, 9.17) is 19.6 Å². The monoisotopic (exact) mass is 197 g/mol. The van der Waals surface area contributed by atoms with Crippen LogP contribution in [0.5, 0.6) is 0 Å². The minimum atomic E-state index is 0.214. The quantitative estimate of drug-likeness (QED) is 0.783. The summed E-state index contributed by atoms with van der Waals surface area (Å²) in [6.45, 7) is 2.48. The first kappa shape index (κ1) is 9.71. The van der Waals surface area contributed by atoms with Crippen molar-refractivity contribution in [3.63, 3.8) is 0 Å². The van der Waals surface area contributed by atoms with E-state index in [0.29, 0.717) is 19.8 Å². The van der Waals surface area contributed by atoms with Crippen LogP contribution in [0.3, 0.4) is 0 Å². The fourth-order valence-corrected chi connectivity index (χ4v) is 1.51. The van der Waals surface area contributed by atoms with E-state index in [1.54, 1.807) is 6.26 Å². The number of ether oxygens (including phenoxy) is 2. The van der Waals surface area contributed by atoms with Gasteiger partial charge in [-0.1, -0.05) is 0 Å². The minimum absolute atomic E-state index is 0.214. The summed E-state index contributed by atoms with van der Waals surface area (Å²) >= 11 is 0. The molecular formula is C10H15NO3. The number of rotatable bonds is 4. The Labute approximate surface area is 83.0 Å². The molecule has 78 valence electrons. The number of hydrogen-bond acceptors (Lipinski definition) is 4. The lowest BCUT2D eigenvalue weighted by molar-refractivity contribution is 0.0230. The summed E-state index contributed by atoms with van der Waals surface area (Å²) in [5.74, 6) is 0.833. The predicted octanol–water partition coefficient (Wildman–Crippen LogP) is 1.04. The average Bonchev–Trinajstić information content (AvgIpc) is 2.85. The Kier molecular flexibility index (Phi) is 3.18. The van der Waals surface area contributed by atoms with E-state index in [9.17, 15) is 0 Å². The van der Waals surface area contributed by atoms with Gasteiger partial charge in [-0.05, 0) is 12.5 Å². The predicted molar refractivity (Wildman–Crippen MR) is 50.6 cm³/mol. The Bertz CT molecular complexity index is 279. The van der Waals surface area contributed by atoms with Gasteiger partial charge < -0.3 is 19.6 Å². The molecule has 2 N–H and O–H groups in total. The summed E-state index contributed by atoms with van der Waals surface area (Å²) in [7, 11) is 0. The van der Waals surface area contributed by atoms with E-state index in [-0.39, 0.29) is 6.10 Å². The van der Waals surface area contributed by atoms with Crippen LogP contribution in [0.2, 0.25) is 0 Å². The van der Waals surface area contributed by atoms with Gasteiger partial charge in [-0.2, -0.15) is 0 Å². The molecular weight excluding hydrogens is 182 g/mol. The molecule has 0 amide bonds. The van der Waals surface area contributed by atoms with Gasteiger partial charge in [-0.3, -0.25) is 0 Å². The molecule has 0 spiro atoms. The van der Waals surface area contributed by atoms with E-state index in [2.05, 4.69) is 0 Å². The lowest BCUT2D eigenvalue weighted by Gasteiger charge is -2.08. The van der Waals surface area contributed by atoms with Crippen molar-refractivity contribution in [1.29, 1.82) is 0 Å². The molecule has 1 fully saturated rings. The van der Waals surface area contributed by atoms with Crippen LogP contribution in [0, 0.1) is 0 Å². The van der Waals surface area contributed by atoms with E-state index < -0.39 is 0 Å². The zero-order chi connectivity index (χ0) is 9.80. The second-order valence-corrected chi connectivity index (χ2v) is 3.37. The van der Waals surface area contributed by atoms with Crippen LogP contribution in [0.4, 0.5) is 0 Å². The van der Waals surface area contributed by atoms with E-state index in [0.717, 1.165) is 24.4 Å². The van der Waals surface area contributed by atoms with Gasteiger partial charge in [0.15, 0.2) is 0 Å². The first-order chi connectivity index (χ1) is 6.90.